The molecule has 2 N–H and O–H groups in total. The lowest BCUT2D eigenvalue weighted by molar-refractivity contribution is 0.583. The zero-order chi connectivity index (χ0) is 12.6. The van der Waals surface area contributed by atoms with Gasteiger partial charge in [0.2, 0.25) is 0 Å². The minimum absolute atomic E-state index is 0.201. The third-order valence-electron chi connectivity index (χ3n) is 3.11. The maximum Gasteiger partial charge on any atom is 0.126 e. The molecule has 1 aromatic carbocycles. The molecule has 3 heteroatoms. The molecule has 0 bridgehead atoms. The van der Waals surface area contributed by atoms with E-state index < -0.39 is 5.54 Å². The van der Waals surface area contributed by atoms with Gasteiger partial charge in [-0.25, -0.2) is 4.39 Å². The van der Waals surface area contributed by atoms with E-state index in [4.69, 9.17) is 5.73 Å². The highest BCUT2D eigenvalue weighted by Crippen LogP contribution is 2.33. The number of aryl methyl sites for hydroxylation is 2. The van der Waals surface area contributed by atoms with Crippen molar-refractivity contribution < 1.29 is 4.39 Å². The summed E-state index contributed by atoms with van der Waals surface area (Å²) in [6.45, 7) is 5.71. The zero-order valence-corrected chi connectivity index (χ0v) is 11.1. The van der Waals surface area contributed by atoms with Gasteiger partial charge in [0.1, 0.15) is 5.82 Å². The lowest BCUT2D eigenvalue weighted by atomic mass is 9.89. The molecule has 1 atom stereocenters. The lowest BCUT2D eigenvalue weighted by Gasteiger charge is -2.25. The Balaban J connectivity index is 2.51. The molecule has 0 amide bonds. The molecule has 1 aromatic heterocycles. The maximum atomic E-state index is 13.6. The highest BCUT2D eigenvalue weighted by atomic mass is 32.1. The van der Waals surface area contributed by atoms with Crippen molar-refractivity contribution >= 4 is 11.3 Å². The summed E-state index contributed by atoms with van der Waals surface area (Å²) in [4.78, 5) is 1.08. The van der Waals surface area contributed by atoms with Crippen molar-refractivity contribution in [1.29, 1.82) is 0 Å². The summed E-state index contributed by atoms with van der Waals surface area (Å²) in [6, 6.07) is 7.25. The summed E-state index contributed by atoms with van der Waals surface area (Å²) < 4.78 is 13.6. The zero-order valence-electron chi connectivity index (χ0n) is 10.3. The van der Waals surface area contributed by atoms with Crippen LogP contribution < -0.4 is 5.73 Å². The topological polar surface area (TPSA) is 26.0 Å². The Hall–Kier alpha value is -1.19. The van der Waals surface area contributed by atoms with Gasteiger partial charge in [0.15, 0.2) is 0 Å². The fourth-order valence-electron chi connectivity index (χ4n) is 1.95. The second-order valence-electron chi connectivity index (χ2n) is 4.60. The molecule has 0 saturated heterocycles. The quantitative estimate of drug-likeness (QED) is 0.862. The van der Waals surface area contributed by atoms with Gasteiger partial charge in [-0.3, -0.25) is 0 Å². The predicted octanol–water partition coefficient (Wildman–Crippen LogP) is 3.73. The van der Waals surface area contributed by atoms with Gasteiger partial charge in [-0.2, -0.15) is 0 Å². The molecule has 0 spiro atoms. The monoisotopic (exact) mass is 249 g/mol. The molecular formula is C14H16FNS. The predicted molar refractivity (Wildman–Crippen MR) is 70.8 cm³/mol. The molecule has 2 aromatic rings. The van der Waals surface area contributed by atoms with Gasteiger partial charge < -0.3 is 5.73 Å². The molecule has 2 rings (SSSR count). The minimum Gasteiger partial charge on any atom is -0.317 e. The van der Waals surface area contributed by atoms with Crippen LogP contribution in [0.4, 0.5) is 4.39 Å². The van der Waals surface area contributed by atoms with Crippen molar-refractivity contribution in [2.75, 3.05) is 0 Å². The van der Waals surface area contributed by atoms with Gasteiger partial charge in [-0.1, -0.05) is 12.1 Å². The Bertz CT molecular complexity index is 543. The number of halogens is 1. The van der Waals surface area contributed by atoms with E-state index in [9.17, 15) is 4.39 Å². The van der Waals surface area contributed by atoms with Gasteiger partial charge in [-0.05, 0) is 55.0 Å². The SMILES string of the molecule is Cc1ccc(C(C)(N)c2sccc2C)cc1F. The number of hydrogen-bond donors (Lipinski definition) is 1. The van der Waals surface area contributed by atoms with E-state index in [1.807, 2.05) is 31.4 Å². The Morgan fingerprint density at radius 2 is 1.88 bits per heavy atom. The molecule has 0 saturated carbocycles. The van der Waals surface area contributed by atoms with Crippen LogP contribution in [0.5, 0.6) is 0 Å². The van der Waals surface area contributed by atoms with E-state index in [1.165, 1.54) is 6.07 Å². The van der Waals surface area contributed by atoms with Crippen LogP contribution in [0.15, 0.2) is 29.6 Å². The summed E-state index contributed by atoms with van der Waals surface area (Å²) in [5, 5.41) is 2.01. The summed E-state index contributed by atoms with van der Waals surface area (Å²) in [5.74, 6) is -0.201. The van der Waals surface area contributed by atoms with E-state index >= 15 is 0 Å². The van der Waals surface area contributed by atoms with Gasteiger partial charge in [0, 0.05) is 4.88 Å². The molecule has 0 radical (unpaired) electrons. The van der Waals surface area contributed by atoms with Gasteiger partial charge in [0.05, 0.1) is 5.54 Å². The van der Waals surface area contributed by atoms with E-state index in [-0.39, 0.29) is 5.82 Å². The van der Waals surface area contributed by atoms with Gasteiger partial charge in [-0.15, -0.1) is 11.3 Å². The van der Waals surface area contributed by atoms with Crippen molar-refractivity contribution in [3.05, 3.63) is 57.0 Å². The minimum atomic E-state index is -0.632. The number of rotatable bonds is 2. The van der Waals surface area contributed by atoms with Crippen LogP contribution >= 0.6 is 11.3 Å². The summed E-state index contributed by atoms with van der Waals surface area (Å²) in [7, 11) is 0. The van der Waals surface area contributed by atoms with Crippen LogP contribution in [0.25, 0.3) is 0 Å². The normalized spacial score (nSPS) is 14.6. The summed E-state index contributed by atoms with van der Waals surface area (Å²) in [6.07, 6.45) is 0. The smallest absolute Gasteiger partial charge is 0.126 e. The fraction of sp³-hybridized carbons (Fsp3) is 0.286. The Kier molecular flexibility index (Phi) is 3.06. The molecule has 1 nitrogen and oxygen atoms in total. The van der Waals surface area contributed by atoms with Crippen LogP contribution in [0.3, 0.4) is 0 Å². The molecule has 1 heterocycles. The first-order valence-electron chi connectivity index (χ1n) is 5.53. The molecular weight excluding hydrogens is 233 g/mol. The molecule has 0 aliphatic heterocycles. The highest BCUT2D eigenvalue weighted by molar-refractivity contribution is 7.10. The van der Waals surface area contributed by atoms with Gasteiger partial charge >= 0.3 is 0 Å². The molecule has 0 aliphatic carbocycles. The standard InChI is InChI=1S/C14H16FNS/c1-9-4-5-11(8-12(9)15)14(3,16)13-10(2)6-7-17-13/h4-8H,16H2,1-3H3. The maximum absolute atomic E-state index is 13.6. The van der Waals surface area contributed by atoms with Crippen LogP contribution in [0, 0.1) is 19.7 Å². The number of thiophene rings is 1. The van der Waals surface area contributed by atoms with Crippen molar-refractivity contribution in [3.8, 4) is 0 Å². The average molecular weight is 249 g/mol. The van der Waals surface area contributed by atoms with Crippen LogP contribution in [0.2, 0.25) is 0 Å². The Labute approximate surface area is 105 Å². The second kappa shape index (κ2) is 4.24. The van der Waals surface area contributed by atoms with Crippen LogP contribution in [0.1, 0.15) is 28.5 Å². The van der Waals surface area contributed by atoms with E-state index in [0.717, 1.165) is 16.0 Å². The van der Waals surface area contributed by atoms with Crippen molar-refractivity contribution in [1.82, 2.24) is 0 Å². The van der Waals surface area contributed by atoms with Crippen molar-refractivity contribution in [2.24, 2.45) is 5.73 Å². The first kappa shape index (κ1) is 12.3. The van der Waals surface area contributed by atoms with Crippen LogP contribution in [-0.2, 0) is 5.54 Å². The number of benzene rings is 1. The molecule has 0 aliphatic rings. The number of hydrogen-bond acceptors (Lipinski definition) is 2. The third kappa shape index (κ3) is 2.13. The van der Waals surface area contributed by atoms with E-state index in [1.54, 1.807) is 24.3 Å². The molecule has 1 unspecified atom stereocenters. The van der Waals surface area contributed by atoms with Crippen LogP contribution in [-0.4, -0.2) is 0 Å². The Morgan fingerprint density at radius 1 is 1.18 bits per heavy atom. The first-order valence-corrected chi connectivity index (χ1v) is 6.41. The highest BCUT2D eigenvalue weighted by Gasteiger charge is 2.27. The molecule has 0 fully saturated rings. The lowest BCUT2D eigenvalue weighted by Crippen LogP contribution is -2.34. The first-order chi connectivity index (χ1) is 7.93. The fourth-order valence-corrected chi connectivity index (χ4v) is 2.98. The van der Waals surface area contributed by atoms with Crippen molar-refractivity contribution in [3.63, 3.8) is 0 Å². The molecule has 17 heavy (non-hydrogen) atoms. The summed E-state index contributed by atoms with van der Waals surface area (Å²) >= 11 is 1.61. The largest absolute Gasteiger partial charge is 0.317 e. The summed E-state index contributed by atoms with van der Waals surface area (Å²) in [5.41, 5.74) is 8.35. The second-order valence-corrected chi connectivity index (χ2v) is 5.52. The van der Waals surface area contributed by atoms with E-state index in [0.29, 0.717) is 5.56 Å². The number of nitrogens with two attached hydrogens (primary N) is 1. The Morgan fingerprint density at radius 3 is 2.41 bits per heavy atom. The average Bonchev–Trinajstić information content (AvgIpc) is 2.69. The van der Waals surface area contributed by atoms with E-state index in [2.05, 4.69) is 0 Å². The third-order valence-corrected chi connectivity index (χ3v) is 4.36. The van der Waals surface area contributed by atoms with Crippen molar-refractivity contribution in [2.45, 2.75) is 26.3 Å². The van der Waals surface area contributed by atoms with Gasteiger partial charge in [0.25, 0.3) is 0 Å². The molecule has 90 valence electrons.